The fourth-order valence-corrected chi connectivity index (χ4v) is 2.98. The second-order valence-electron chi connectivity index (χ2n) is 5.43. The van der Waals surface area contributed by atoms with Gasteiger partial charge in [-0.25, -0.2) is 0 Å². The molecule has 0 spiro atoms. The molecule has 2 atom stereocenters. The van der Waals surface area contributed by atoms with Gasteiger partial charge in [-0.1, -0.05) is 31.5 Å². The van der Waals surface area contributed by atoms with E-state index in [1.165, 1.54) is 0 Å². The Morgan fingerprint density at radius 1 is 1.25 bits per heavy atom. The maximum atomic E-state index is 12.4. The fraction of sp³-hybridized carbons (Fsp3) is 0.500. The minimum Gasteiger partial charge on any atom is -0.481 e. The average Bonchev–Trinajstić information content (AvgIpc) is 2.47. The molecule has 4 heteroatoms. The first-order valence-corrected chi connectivity index (χ1v) is 7.18. The predicted molar refractivity (Wildman–Crippen MR) is 76.5 cm³/mol. The van der Waals surface area contributed by atoms with Gasteiger partial charge < -0.3 is 10.0 Å². The molecule has 1 aromatic rings. The molecule has 0 aliphatic carbocycles. The number of likely N-dealkylation sites (tertiary alicyclic amines) is 1. The van der Waals surface area contributed by atoms with Crippen molar-refractivity contribution in [3.05, 3.63) is 35.9 Å². The van der Waals surface area contributed by atoms with Crippen LogP contribution in [0.5, 0.6) is 0 Å². The van der Waals surface area contributed by atoms with Crippen molar-refractivity contribution < 1.29 is 14.7 Å². The third-order valence-electron chi connectivity index (χ3n) is 4.16. The molecule has 1 fully saturated rings. The Labute approximate surface area is 119 Å². The highest BCUT2D eigenvalue weighted by molar-refractivity contribution is 5.94. The third kappa shape index (κ3) is 3.38. The summed E-state index contributed by atoms with van der Waals surface area (Å²) >= 11 is 0. The molecule has 1 aromatic carbocycles. The van der Waals surface area contributed by atoms with Gasteiger partial charge in [-0.15, -0.1) is 0 Å². The highest BCUT2D eigenvalue weighted by atomic mass is 16.4. The molecule has 108 valence electrons. The van der Waals surface area contributed by atoms with Crippen LogP contribution >= 0.6 is 0 Å². The van der Waals surface area contributed by atoms with Crippen LogP contribution in [0.25, 0.3) is 0 Å². The van der Waals surface area contributed by atoms with E-state index >= 15 is 0 Å². The summed E-state index contributed by atoms with van der Waals surface area (Å²) in [5.74, 6) is -0.209. The highest BCUT2D eigenvalue weighted by Crippen LogP contribution is 2.29. The molecule has 0 radical (unpaired) electrons. The van der Waals surface area contributed by atoms with Crippen LogP contribution in [0.15, 0.2) is 30.3 Å². The van der Waals surface area contributed by atoms with E-state index in [4.69, 9.17) is 5.11 Å². The molecular formula is C16H21NO3. The number of amides is 1. The lowest BCUT2D eigenvalue weighted by atomic mass is 9.81. The Balaban J connectivity index is 2.03. The van der Waals surface area contributed by atoms with Gasteiger partial charge in [-0.3, -0.25) is 9.59 Å². The van der Waals surface area contributed by atoms with Gasteiger partial charge in [0.25, 0.3) is 5.91 Å². The second-order valence-corrected chi connectivity index (χ2v) is 5.43. The SMILES string of the molecule is CC[C@@H]1CN(C(=O)c2ccccc2)CC[C@H]1CC(=O)O. The van der Waals surface area contributed by atoms with E-state index in [-0.39, 0.29) is 24.2 Å². The number of carboxylic acid groups (broad SMARTS) is 1. The first-order valence-electron chi connectivity index (χ1n) is 7.18. The van der Waals surface area contributed by atoms with Gasteiger partial charge in [0.05, 0.1) is 0 Å². The number of hydrogen-bond acceptors (Lipinski definition) is 2. The van der Waals surface area contributed by atoms with E-state index < -0.39 is 5.97 Å². The van der Waals surface area contributed by atoms with Crippen molar-refractivity contribution in [1.82, 2.24) is 4.90 Å². The van der Waals surface area contributed by atoms with Gasteiger partial charge >= 0.3 is 5.97 Å². The van der Waals surface area contributed by atoms with Gasteiger partial charge in [0.1, 0.15) is 0 Å². The molecule has 1 aliphatic rings. The summed E-state index contributed by atoms with van der Waals surface area (Å²) in [4.78, 5) is 25.1. The zero-order valence-electron chi connectivity index (χ0n) is 11.8. The quantitative estimate of drug-likeness (QED) is 0.919. The van der Waals surface area contributed by atoms with Crippen LogP contribution in [-0.2, 0) is 4.79 Å². The number of aliphatic carboxylic acids is 1. The molecule has 1 N–H and O–H groups in total. The van der Waals surface area contributed by atoms with Crippen LogP contribution in [0.4, 0.5) is 0 Å². The van der Waals surface area contributed by atoms with Crippen molar-refractivity contribution in [3.8, 4) is 0 Å². The summed E-state index contributed by atoms with van der Waals surface area (Å²) in [5.41, 5.74) is 0.707. The maximum Gasteiger partial charge on any atom is 0.303 e. The lowest BCUT2D eigenvalue weighted by molar-refractivity contribution is -0.139. The van der Waals surface area contributed by atoms with Crippen LogP contribution in [0.2, 0.25) is 0 Å². The molecule has 1 saturated heterocycles. The minimum atomic E-state index is -0.740. The monoisotopic (exact) mass is 275 g/mol. The van der Waals surface area contributed by atoms with Crippen LogP contribution in [0, 0.1) is 11.8 Å². The van der Waals surface area contributed by atoms with Crippen LogP contribution < -0.4 is 0 Å². The largest absolute Gasteiger partial charge is 0.481 e. The molecule has 1 amide bonds. The summed E-state index contributed by atoms with van der Waals surface area (Å²) in [6.07, 6.45) is 1.91. The number of carbonyl (C=O) groups is 2. The lowest BCUT2D eigenvalue weighted by Gasteiger charge is -2.37. The Hall–Kier alpha value is -1.84. The zero-order chi connectivity index (χ0) is 14.5. The number of benzene rings is 1. The molecule has 20 heavy (non-hydrogen) atoms. The topological polar surface area (TPSA) is 57.6 Å². The van der Waals surface area contributed by atoms with Crippen LogP contribution in [-0.4, -0.2) is 35.0 Å². The third-order valence-corrected chi connectivity index (χ3v) is 4.16. The summed E-state index contributed by atoms with van der Waals surface area (Å²) in [5, 5.41) is 8.95. The van der Waals surface area contributed by atoms with Gasteiger partial charge in [0.2, 0.25) is 0 Å². The normalized spacial score (nSPS) is 22.6. The molecule has 0 saturated carbocycles. The highest BCUT2D eigenvalue weighted by Gasteiger charge is 2.31. The Morgan fingerprint density at radius 2 is 1.95 bits per heavy atom. The number of piperidine rings is 1. The van der Waals surface area contributed by atoms with Crippen molar-refractivity contribution in [1.29, 1.82) is 0 Å². The van der Waals surface area contributed by atoms with E-state index in [9.17, 15) is 9.59 Å². The molecular weight excluding hydrogens is 254 g/mol. The van der Waals surface area contributed by atoms with Gasteiger partial charge in [0.15, 0.2) is 0 Å². The van der Waals surface area contributed by atoms with Crippen molar-refractivity contribution in [2.45, 2.75) is 26.2 Å². The summed E-state index contributed by atoms with van der Waals surface area (Å²) < 4.78 is 0. The van der Waals surface area contributed by atoms with Crippen molar-refractivity contribution >= 4 is 11.9 Å². The van der Waals surface area contributed by atoms with E-state index in [0.29, 0.717) is 18.7 Å². The van der Waals surface area contributed by atoms with Gasteiger partial charge in [-0.05, 0) is 30.4 Å². The second kappa shape index (κ2) is 6.55. The number of nitrogens with zero attached hydrogens (tertiary/aromatic N) is 1. The van der Waals surface area contributed by atoms with E-state index in [1.54, 1.807) is 0 Å². The Morgan fingerprint density at radius 3 is 2.55 bits per heavy atom. The lowest BCUT2D eigenvalue weighted by Crippen LogP contribution is -2.44. The van der Waals surface area contributed by atoms with E-state index in [0.717, 1.165) is 12.8 Å². The number of hydrogen-bond donors (Lipinski definition) is 1. The smallest absolute Gasteiger partial charge is 0.303 e. The maximum absolute atomic E-state index is 12.4. The molecule has 4 nitrogen and oxygen atoms in total. The first kappa shape index (κ1) is 14.6. The Bertz CT molecular complexity index is 472. The van der Waals surface area contributed by atoms with E-state index in [1.807, 2.05) is 35.2 Å². The minimum absolute atomic E-state index is 0.0535. The molecule has 0 aromatic heterocycles. The summed E-state index contributed by atoms with van der Waals surface area (Å²) in [7, 11) is 0. The first-order chi connectivity index (χ1) is 9.61. The van der Waals surface area contributed by atoms with Crippen LogP contribution in [0.1, 0.15) is 36.5 Å². The molecule has 0 bridgehead atoms. The summed E-state index contributed by atoms with van der Waals surface area (Å²) in [6, 6.07) is 9.27. The fourth-order valence-electron chi connectivity index (χ4n) is 2.98. The molecule has 2 rings (SSSR count). The predicted octanol–water partition coefficient (Wildman–Crippen LogP) is 2.65. The summed E-state index contributed by atoms with van der Waals surface area (Å²) in [6.45, 7) is 3.39. The molecule has 1 aliphatic heterocycles. The number of carboxylic acids is 1. The van der Waals surface area contributed by atoms with Crippen molar-refractivity contribution in [2.75, 3.05) is 13.1 Å². The van der Waals surface area contributed by atoms with Crippen molar-refractivity contribution in [2.24, 2.45) is 11.8 Å². The average molecular weight is 275 g/mol. The Kier molecular flexibility index (Phi) is 4.77. The standard InChI is InChI=1S/C16H21NO3/c1-2-12-11-17(9-8-14(12)10-15(18)19)16(20)13-6-4-3-5-7-13/h3-7,12,14H,2,8-11H2,1H3,(H,18,19)/t12-,14+/m1/s1. The van der Waals surface area contributed by atoms with Gasteiger partial charge in [0, 0.05) is 25.1 Å². The van der Waals surface area contributed by atoms with Gasteiger partial charge in [-0.2, -0.15) is 0 Å². The van der Waals surface area contributed by atoms with E-state index in [2.05, 4.69) is 6.92 Å². The van der Waals surface area contributed by atoms with Crippen LogP contribution in [0.3, 0.4) is 0 Å². The zero-order valence-corrected chi connectivity index (χ0v) is 11.8. The molecule has 1 heterocycles. The number of rotatable bonds is 4. The molecule has 0 unspecified atom stereocenters. The number of carbonyl (C=O) groups excluding carboxylic acids is 1. The van der Waals surface area contributed by atoms with Crippen molar-refractivity contribution in [3.63, 3.8) is 0 Å².